The van der Waals surface area contributed by atoms with E-state index in [1.54, 1.807) is 0 Å². The number of hydrogen-bond acceptors (Lipinski definition) is 0. The number of fused-ring (bicyclic) bond motifs is 3. The van der Waals surface area contributed by atoms with Crippen molar-refractivity contribution in [3.63, 3.8) is 0 Å². The van der Waals surface area contributed by atoms with Gasteiger partial charge in [0.05, 0.1) is 0 Å². The molecule has 0 amide bonds. The zero-order valence-electron chi connectivity index (χ0n) is 27.4. The molecule has 4 aromatic carbocycles. The van der Waals surface area contributed by atoms with Gasteiger partial charge in [0, 0.05) is 0 Å². The van der Waals surface area contributed by atoms with Crippen LogP contribution in [0.2, 0.25) is 0 Å². The molecule has 0 aliphatic heterocycles. The maximum absolute atomic E-state index is 3.53. The van der Waals surface area contributed by atoms with E-state index < -0.39 is 0 Å². The van der Waals surface area contributed by atoms with Gasteiger partial charge in [0.25, 0.3) is 0 Å². The maximum atomic E-state index is 3.53. The van der Waals surface area contributed by atoms with E-state index in [-0.39, 0.29) is 35.6 Å². The number of benzene rings is 4. The van der Waals surface area contributed by atoms with Gasteiger partial charge in [-0.1, -0.05) is 89.1 Å². The molecular weight excluding hydrogens is 655 g/mol. The quantitative estimate of drug-likeness (QED) is 0.161. The Kier molecular flexibility index (Phi) is 14.0. The molecule has 2 aliphatic rings. The van der Waals surface area contributed by atoms with Gasteiger partial charge < -0.3 is 0 Å². The van der Waals surface area contributed by atoms with E-state index in [9.17, 15) is 0 Å². The molecule has 0 bridgehead atoms. The molecular formula is C41H46Cl2Zr. The second-order valence-corrected chi connectivity index (χ2v) is 14.7. The minimum atomic E-state index is 0. The Balaban J connectivity index is 0.000000253. The molecule has 0 nitrogen and oxygen atoms in total. The van der Waals surface area contributed by atoms with Crippen molar-refractivity contribution in [2.75, 3.05) is 0 Å². The molecule has 0 aromatic heterocycles. The van der Waals surface area contributed by atoms with Crippen molar-refractivity contribution in [3.05, 3.63) is 154 Å². The summed E-state index contributed by atoms with van der Waals surface area (Å²) < 4.78 is 1.42. The van der Waals surface area contributed by atoms with Crippen LogP contribution >= 0.6 is 24.8 Å². The third kappa shape index (κ3) is 10.1. The van der Waals surface area contributed by atoms with Crippen LogP contribution in [0.1, 0.15) is 88.8 Å². The number of hydrogen-bond donors (Lipinski definition) is 0. The summed E-state index contributed by atoms with van der Waals surface area (Å²) in [4.78, 5) is 0. The van der Waals surface area contributed by atoms with Crippen molar-refractivity contribution in [1.29, 1.82) is 0 Å². The van der Waals surface area contributed by atoms with Crippen LogP contribution in [0.5, 0.6) is 0 Å². The Hall–Kier alpha value is -2.31. The minimum absolute atomic E-state index is 0. The SMILES string of the molecule is CC(C)(C)c1c[c-]c2c(c1)-c1cc(C(C)(C)C)ccc1C2.CC1=CC(C)[C-]=C1.Cl.Cl.[Zr+2]=[C](c1ccccc1)c1ccccc1. The number of rotatable bonds is 2. The van der Waals surface area contributed by atoms with Gasteiger partial charge in [0.15, 0.2) is 0 Å². The first-order chi connectivity index (χ1) is 19.8. The van der Waals surface area contributed by atoms with Gasteiger partial charge in [0.1, 0.15) is 0 Å². The van der Waals surface area contributed by atoms with Crippen LogP contribution in [0.3, 0.4) is 0 Å². The summed E-state index contributed by atoms with van der Waals surface area (Å²) in [5.41, 5.74) is 12.8. The second kappa shape index (κ2) is 16.3. The van der Waals surface area contributed by atoms with Crippen molar-refractivity contribution in [1.82, 2.24) is 0 Å². The molecule has 0 fully saturated rings. The first-order valence-electron chi connectivity index (χ1n) is 15.0. The summed E-state index contributed by atoms with van der Waals surface area (Å²) >= 11 is 1.46. The molecule has 0 spiro atoms. The summed E-state index contributed by atoms with van der Waals surface area (Å²) in [5, 5.41) is 0. The van der Waals surface area contributed by atoms with Crippen LogP contribution in [0.4, 0.5) is 0 Å². The average molecular weight is 701 g/mol. The summed E-state index contributed by atoms with van der Waals surface area (Å²) in [5.74, 6) is 0.556. The predicted molar refractivity (Wildman–Crippen MR) is 192 cm³/mol. The van der Waals surface area contributed by atoms with Crippen LogP contribution in [-0.2, 0) is 41.5 Å². The van der Waals surface area contributed by atoms with Gasteiger partial charge in [-0.15, -0.1) is 37.3 Å². The summed E-state index contributed by atoms with van der Waals surface area (Å²) in [7, 11) is 0. The Morgan fingerprint density at radius 3 is 1.68 bits per heavy atom. The normalized spacial score (nSPS) is 14.3. The zero-order chi connectivity index (χ0) is 30.5. The van der Waals surface area contributed by atoms with E-state index in [0.717, 1.165) is 6.42 Å². The molecule has 1 unspecified atom stereocenters. The van der Waals surface area contributed by atoms with E-state index in [0.29, 0.717) is 5.92 Å². The van der Waals surface area contributed by atoms with Crippen molar-refractivity contribution >= 4 is 28.0 Å². The fourth-order valence-electron chi connectivity index (χ4n) is 5.11. The summed E-state index contributed by atoms with van der Waals surface area (Å²) in [6.07, 6.45) is 8.41. The molecule has 2 aliphatic carbocycles. The van der Waals surface area contributed by atoms with E-state index >= 15 is 0 Å². The molecule has 4 aromatic rings. The van der Waals surface area contributed by atoms with Crippen molar-refractivity contribution < 1.29 is 24.2 Å². The third-order valence-corrected chi connectivity index (χ3v) is 9.16. The average Bonchev–Trinajstić information content (AvgIpc) is 3.54. The molecule has 228 valence electrons. The summed E-state index contributed by atoms with van der Waals surface area (Å²) in [6, 6.07) is 36.2. The molecule has 0 heterocycles. The van der Waals surface area contributed by atoms with Crippen molar-refractivity contribution in [2.45, 2.75) is 72.6 Å². The van der Waals surface area contributed by atoms with Gasteiger partial charge >= 0.3 is 99.2 Å². The van der Waals surface area contributed by atoms with E-state index in [4.69, 9.17) is 0 Å². The van der Waals surface area contributed by atoms with Gasteiger partial charge in [-0.3, -0.25) is 6.08 Å². The van der Waals surface area contributed by atoms with Gasteiger partial charge in [-0.2, -0.15) is 35.4 Å². The molecule has 0 saturated carbocycles. The zero-order valence-corrected chi connectivity index (χ0v) is 31.5. The van der Waals surface area contributed by atoms with E-state index in [1.165, 1.54) is 77.5 Å². The van der Waals surface area contributed by atoms with Crippen LogP contribution in [0, 0.1) is 18.1 Å². The topological polar surface area (TPSA) is 0 Å². The van der Waals surface area contributed by atoms with E-state index in [1.807, 2.05) is 6.08 Å². The van der Waals surface area contributed by atoms with Crippen molar-refractivity contribution in [3.8, 4) is 11.1 Å². The Bertz CT molecular complexity index is 1480. The molecule has 6 rings (SSSR count). The fraction of sp³-hybridized carbons (Fsp3) is 0.293. The molecule has 44 heavy (non-hydrogen) atoms. The Morgan fingerprint density at radius 2 is 1.25 bits per heavy atom. The first kappa shape index (κ1) is 37.9. The Morgan fingerprint density at radius 1 is 0.727 bits per heavy atom. The number of allylic oxidation sites excluding steroid dienone is 4. The van der Waals surface area contributed by atoms with Crippen LogP contribution in [-0.4, -0.2) is 3.21 Å². The molecule has 0 saturated heterocycles. The number of halogens is 2. The van der Waals surface area contributed by atoms with Gasteiger partial charge in [-0.25, -0.2) is 11.6 Å². The standard InChI is InChI=1S/C21H25.C13H10.C7H9.2ClH.Zr/c1-20(2,3)16-9-7-14-11-15-8-10-17(21(4,5)6)13-19(15)18(14)12-16;1-3-7-12(8-4-1)11-13-9-5-2-6-10-13;1-6-3-4-7(2)5-6;;;/h7,9-10,12-13H,11H2,1-6H3;1-10H;3,5,7H,1-2H3;2*1H;/q-1;;-1;;;+2. The molecule has 0 radical (unpaired) electrons. The first-order valence-corrected chi connectivity index (χ1v) is 16.2. The van der Waals surface area contributed by atoms with Gasteiger partial charge in [0.2, 0.25) is 0 Å². The summed E-state index contributed by atoms with van der Waals surface area (Å²) in [6.45, 7) is 17.9. The van der Waals surface area contributed by atoms with Crippen LogP contribution < -0.4 is 0 Å². The molecule has 3 heteroatoms. The second-order valence-electron chi connectivity index (χ2n) is 13.4. The molecule has 1 atom stereocenters. The van der Waals surface area contributed by atoms with Crippen molar-refractivity contribution in [2.24, 2.45) is 5.92 Å². The Labute approximate surface area is 294 Å². The predicted octanol–water partition coefficient (Wildman–Crippen LogP) is 11.2. The monoisotopic (exact) mass is 698 g/mol. The fourth-order valence-corrected chi connectivity index (χ4v) is 5.93. The molecule has 0 N–H and O–H groups in total. The van der Waals surface area contributed by atoms with Gasteiger partial charge in [-0.05, 0) is 17.4 Å². The van der Waals surface area contributed by atoms with E-state index in [2.05, 4.69) is 165 Å². The third-order valence-electron chi connectivity index (χ3n) is 7.74. The van der Waals surface area contributed by atoms with Crippen LogP contribution in [0.15, 0.2) is 109 Å². The van der Waals surface area contributed by atoms with Crippen LogP contribution in [0.25, 0.3) is 11.1 Å².